The minimum absolute atomic E-state index is 0.0625. The third kappa shape index (κ3) is 3.12. The largest absolute Gasteiger partial charge is 0.497 e. The Morgan fingerprint density at radius 2 is 1.94 bits per heavy atom. The van der Waals surface area contributed by atoms with E-state index in [1.807, 2.05) is 41.0 Å². The van der Waals surface area contributed by atoms with Crippen molar-refractivity contribution < 1.29 is 23.8 Å². The first-order valence-corrected chi connectivity index (χ1v) is 10.2. The molecule has 0 N–H and O–H groups in total. The molecule has 0 radical (unpaired) electrons. The van der Waals surface area contributed by atoms with Gasteiger partial charge in [-0.1, -0.05) is 30.3 Å². The highest BCUT2D eigenvalue weighted by Crippen LogP contribution is 2.49. The zero-order valence-corrected chi connectivity index (χ0v) is 18.0. The summed E-state index contributed by atoms with van der Waals surface area (Å²) in [6.45, 7) is 3.46. The van der Waals surface area contributed by atoms with Crippen molar-refractivity contribution in [2.24, 2.45) is 0 Å². The van der Waals surface area contributed by atoms with Gasteiger partial charge in [0.25, 0.3) is 0 Å². The predicted octanol–water partition coefficient (Wildman–Crippen LogP) is 3.89. The number of fused-ring (bicyclic) bond motifs is 3. The molecule has 0 saturated heterocycles. The van der Waals surface area contributed by atoms with Crippen LogP contribution in [0, 0.1) is 11.3 Å². The number of carbonyl (C=O) groups excluding carboxylic acids is 2. The number of carbonyl (C=O) groups is 2. The van der Waals surface area contributed by atoms with Crippen LogP contribution in [-0.4, -0.2) is 30.0 Å². The zero-order valence-electron chi connectivity index (χ0n) is 18.0. The molecular weight excluding hydrogens is 408 g/mol. The van der Waals surface area contributed by atoms with Gasteiger partial charge in [0.15, 0.2) is 5.78 Å². The van der Waals surface area contributed by atoms with Crippen molar-refractivity contribution in [3.05, 3.63) is 71.5 Å². The lowest BCUT2D eigenvalue weighted by atomic mass is 9.73. The quantitative estimate of drug-likeness (QED) is 0.551. The summed E-state index contributed by atoms with van der Waals surface area (Å²) in [6.07, 6.45) is 1.20. The molecule has 2 aromatic carbocycles. The summed E-state index contributed by atoms with van der Waals surface area (Å²) in [5.41, 5.74) is 0.0130. The van der Waals surface area contributed by atoms with Crippen molar-refractivity contribution >= 4 is 22.7 Å². The van der Waals surface area contributed by atoms with Gasteiger partial charge in [-0.05, 0) is 37.6 Å². The number of esters is 1. The second-order valence-electron chi connectivity index (χ2n) is 7.42. The maximum Gasteiger partial charge on any atom is 0.336 e. The molecule has 1 aliphatic heterocycles. The molecule has 0 aliphatic carbocycles. The zero-order chi connectivity index (χ0) is 22.9. The molecule has 0 spiro atoms. The van der Waals surface area contributed by atoms with E-state index in [-0.39, 0.29) is 17.7 Å². The van der Waals surface area contributed by atoms with Gasteiger partial charge in [-0.2, -0.15) is 5.26 Å². The van der Waals surface area contributed by atoms with Crippen molar-refractivity contribution in [1.29, 1.82) is 5.26 Å². The molecule has 0 bridgehead atoms. The smallest absolute Gasteiger partial charge is 0.336 e. The van der Waals surface area contributed by atoms with Crippen LogP contribution in [0.2, 0.25) is 0 Å². The molecular formula is C25H22N2O5. The van der Waals surface area contributed by atoms with Gasteiger partial charge in [0, 0.05) is 5.39 Å². The van der Waals surface area contributed by atoms with Crippen LogP contribution in [0.15, 0.2) is 60.4 Å². The maximum atomic E-state index is 13.3. The molecule has 7 nitrogen and oxygen atoms in total. The Morgan fingerprint density at radius 1 is 1.19 bits per heavy atom. The summed E-state index contributed by atoms with van der Waals surface area (Å²) < 4.78 is 18.5. The number of methoxy groups -OCH3 is 1. The molecule has 1 unspecified atom stereocenters. The molecule has 32 heavy (non-hydrogen) atoms. The van der Waals surface area contributed by atoms with Gasteiger partial charge in [0.2, 0.25) is 11.3 Å². The number of rotatable bonds is 6. The van der Waals surface area contributed by atoms with E-state index in [0.29, 0.717) is 23.6 Å². The van der Waals surface area contributed by atoms with Crippen LogP contribution in [-0.2, 0) is 26.3 Å². The number of nitrogens with zero attached hydrogens (tertiary/aromatic N) is 2. The lowest BCUT2D eigenvalue weighted by Gasteiger charge is -2.30. The highest BCUT2D eigenvalue weighted by atomic mass is 16.5. The normalized spacial score (nSPS) is 17.0. The number of benzene rings is 2. The Kier molecular flexibility index (Phi) is 5.45. The molecule has 0 fully saturated rings. The highest BCUT2D eigenvalue weighted by Gasteiger charge is 2.54. The maximum absolute atomic E-state index is 13.3. The SMILES string of the molecule is CCOC(=O)C1(C#N)C(C(C)=O)=COc2c1c1cc(OC)ccc1n2Cc1ccccc1. The number of aromatic nitrogens is 1. The van der Waals surface area contributed by atoms with E-state index < -0.39 is 17.2 Å². The number of ether oxygens (including phenoxy) is 3. The first-order valence-electron chi connectivity index (χ1n) is 10.2. The average Bonchev–Trinajstić information content (AvgIpc) is 3.12. The summed E-state index contributed by atoms with van der Waals surface area (Å²) in [6, 6.07) is 17.2. The molecule has 0 amide bonds. The predicted molar refractivity (Wildman–Crippen MR) is 117 cm³/mol. The van der Waals surface area contributed by atoms with Gasteiger partial charge < -0.3 is 18.8 Å². The molecule has 7 heteroatoms. The van der Waals surface area contributed by atoms with Gasteiger partial charge in [0.05, 0.1) is 43.0 Å². The number of ketones is 1. The van der Waals surface area contributed by atoms with Crippen LogP contribution in [0.25, 0.3) is 10.9 Å². The third-order valence-corrected chi connectivity index (χ3v) is 5.60. The first-order chi connectivity index (χ1) is 15.5. The van der Waals surface area contributed by atoms with Gasteiger partial charge in [-0.15, -0.1) is 0 Å². The average molecular weight is 430 g/mol. The van der Waals surface area contributed by atoms with Crippen molar-refractivity contribution in [2.75, 3.05) is 13.7 Å². The van der Waals surface area contributed by atoms with E-state index in [1.54, 1.807) is 19.1 Å². The van der Waals surface area contributed by atoms with Gasteiger partial charge >= 0.3 is 5.97 Å². The Labute approximate surface area is 185 Å². The summed E-state index contributed by atoms with van der Waals surface area (Å²) in [4.78, 5) is 25.8. The molecule has 4 rings (SSSR count). The Balaban J connectivity index is 2.08. The van der Waals surface area contributed by atoms with E-state index >= 15 is 0 Å². The number of Topliss-reactive ketones (excluding diaryl/α,β-unsaturated/α-hetero) is 1. The monoisotopic (exact) mass is 430 g/mol. The molecule has 1 aliphatic rings. The van der Waals surface area contributed by atoms with E-state index in [0.717, 1.165) is 11.1 Å². The van der Waals surface area contributed by atoms with Crippen molar-refractivity contribution in [3.63, 3.8) is 0 Å². The number of nitriles is 1. The van der Waals surface area contributed by atoms with E-state index in [9.17, 15) is 14.9 Å². The molecule has 0 saturated carbocycles. The fraction of sp³-hybridized carbons (Fsp3) is 0.240. The van der Waals surface area contributed by atoms with Gasteiger partial charge in [-0.25, -0.2) is 4.79 Å². The van der Waals surface area contributed by atoms with Crippen molar-refractivity contribution in [1.82, 2.24) is 4.57 Å². The van der Waals surface area contributed by atoms with Crippen LogP contribution in [0.3, 0.4) is 0 Å². The molecule has 3 aromatic rings. The summed E-state index contributed by atoms with van der Waals surface area (Å²) >= 11 is 0. The lowest BCUT2D eigenvalue weighted by molar-refractivity contribution is -0.147. The summed E-state index contributed by atoms with van der Waals surface area (Å²) in [7, 11) is 1.54. The third-order valence-electron chi connectivity index (χ3n) is 5.60. The second-order valence-corrected chi connectivity index (χ2v) is 7.42. The Bertz CT molecular complexity index is 1280. The fourth-order valence-electron chi connectivity index (χ4n) is 4.14. The van der Waals surface area contributed by atoms with Crippen LogP contribution in [0.1, 0.15) is 25.0 Å². The Morgan fingerprint density at radius 3 is 2.56 bits per heavy atom. The Hall–Kier alpha value is -4.05. The molecule has 2 heterocycles. The van der Waals surface area contributed by atoms with E-state index in [1.165, 1.54) is 20.3 Å². The van der Waals surface area contributed by atoms with Crippen LogP contribution < -0.4 is 9.47 Å². The van der Waals surface area contributed by atoms with E-state index in [2.05, 4.69) is 6.07 Å². The van der Waals surface area contributed by atoms with Crippen molar-refractivity contribution in [3.8, 4) is 17.7 Å². The lowest BCUT2D eigenvalue weighted by Crippen LogP contribution is -2.42. The highest BCUT2D eigenvalue weighted by molar-refractivity contribution is 6.10. The van der Waals surface area contributed by atoms with Crippen LogP contribution in [0.5, 0.6) is 11.6 Å². The second kappa shape index (κ2) is 8.23. The van der Waals surface area contributed by atoms with Gasteiger partial charge in [-0.3, -0.25) is 4.79 Å². The summed E-state index contributed by atoms with van der Waals surface area (Å²) in [5.74, 6) is -0.393. The molecule has 1 aromatic heterocycles. The number of hydrogen-bond acceptors (Lipinski definition) is 6. The van der Waals surface area contributed by atoms with Crippen LogP contribution >= 0.6 is 0 Å². The molecule has 1 atom stereocenters. The minimum Gasteiger partial charge on any atom is -0.497 e. The fourth-order valence-corrected chi connectivity index (χ4v) is 4.14. The molecule has 162 valence electrons. The van der Waals surface area contributed by atoms with E-state index in [4.69, 9.17) is 14.2 Å². The van der Waals surface area contributed by atoms with Gasteiger partial charge in [0.1, 0.15) is 12.0 Å². The number of hydrogen-bond donors (Lipinski definition) is 0. The summed E-state index contributed by atoms with van der Waals surface area (Å²) in [5, 5.41) is 10.9. The van der Waals surface area contributed by atoms with Crippen molar-refractivity contribution in [2.45, 2.75) is 25.8 Å². The topological polar surface area (TPSA) is 90.6 Å². The van der Waals surface area contributed by atoms with Crippen LogP contribution in [0.4, 0.5) is 0 Å². The standard InChI is InChI=1S/C25H22N2O5/c1-4-31-24(29)25(15-26)20(16(2)28)14-32-23-22(25)19-12-18(30-3)10-11-21(19)27(23)13-17-8-6-5-7-9-17/h5-12,14H,4,13H2,1-3H3. The first kappa shape index (κ1) is 21.2. The minimum atomic E-state index is -1.96.